The van der Waals surface area contributed by atoms with E-state index in [2.05, 4.69) is 33.5 Å². The molecule has 0 spiro atoms. The van der Waals surface area contributed by atoms with Crippen LogP contribution in [0.3, 0.4) is 0 Å². The highest BCUT2D eigenvalue weighted by Crippen LogP contribution is 2.23. The number of hydrogen-bond donors (Lipinski definition) is 2. The number of carbonyl (C=O) groups is 2. The molecule has 1 amide bonds. The van der Waals surface area contributed by atoms with Crippen molar-refractivity contribution in [1.29, 1.82) is 0 Å². The number of benzene rings is 2. The highest BCUT2D eigenvalue weighted by atomic mass is 79.9. The number of rotatable bonds is 8. The van der Waals surface area contributed by atoms with E-state index in [0.29, 0.717) is 35.8 Å². The Morgan fingerprint density at radius 2 is 1.83 bits per heavy atom. The van der Waals surface area contributed by atoms with Crippen LogP contribution in [0.2, 0.25) is 0 Å². The molecule has 0 aliphatic rings. The van der Waals surface area contributed by atoms with Gasteiger partial charge in [0.05, 0.1) is 24.3 Å². The van der Waals surface area contributed by atoms with Gasteiger partial charge in [0.15, 0.2) is 5.11 Å². The topological polar surface area (TPSA) is 76.7 Å². The van der Waals surface area contributed by atoms with Crippen LogP contribution in [0.1, 0.15) is 47.4 Å². The molecule has 2 aromatic carbocycles. The molecule has 0 atom stereocenters. The molecule has 8 heteroatoms. The predicted octanol–water partition coefficient (Wildman–Crippen LogP) is 4.93. The van der Waals surface area contributed by atoms with Crippen LogP contribution in [0.15, 0.2) is 46.9 Å². The van der Waals surface area contributed by atoms with Crippen LogP contribution in [-0.4, -0.2) is 30.2 Å². The SMILES string of the molecule is CCCCOc1ccc(Br)cc1C(=O)NC(=S)Nc1ccc(C(=O)OCC)cc1. The fourth-order valence-corrected chi connectivity index (χ4v) is 2.94. The first kappa shape index (κ1) is 22.8. The van der Waals surface area contributed by atoms with Crippen molar-refractivity contribution in [1.82, 2.24) is 5.32 Å². The van der Waals surface area contributed by atoms with E-state index in [-0.39, 0.29) is 17.0 Å². The van der Waals surface area contributed by atoms with E-state index in [9.17, 15) is 9.59 Å². The van der Waals surface area contributed by atoms with E-state index in [0.717, 1.165) is 17.3 Å². The third-order valence-electron chi connectivity index (χ3n) is 3.82. The van der Waals surface area contributed by atoms with Crippen LogP contribution < -0.4 is 15.4 Å². The molecular weight excluding hydrogens is 456 g/mol. The number of ether oxygens (including phenoxy) is 2. The summed E-state index contributed by atoms with van der Waals surface area (Å²) in [4.78, 5) is 24.4. The van der Waals surface area contributed by atoms with Gasteiger partial charge in [-0.1, -0.05) is 29.3 Å². The monoisotopic (exact) mass is 478 g/mol. The van der Waals surface area contributed by atoms with Crippen molar-refractivity contribution in [3.05, 3.63) is 58.1 Å². The van der Waals surface area contributed by atoms with Crippen molar-refractivity contribution in [3.63, 3.8) is 0 Å². The zero-order chi connectivity index (χ0) is 21.2. The number of thiocarbonyl (C=S) groups is 1. The maximum absolute atomic E-state index is 12.7. The maximum atomic E-state index is 12.7. The van der Waals surface area contributed by atoms with E-state index in [1.807, 2.05) is 6.07 Å². The number of amides is 1. The summed E-state index contributed by atoms with van der Waals surface area (Å²) in [6.45, 7) is 4.67. The molecular formula is C21H23BrN2O4S. The van der Waals surface area contributed by atoms with E-state index in [1.54, 1.807) is 43.3 Å². The second kappa shape index (κ2) is 11.5. The van der Waals surface area contributed by atoms with Crippen LogP contribution in [0, 0.1) is 0 Å². The molecule has 2 rings (SSSR count). The first-order valence-electron chi connectivity index (χ1n) is 9.26. The highest BCUT2D eigenvalue weighted by Gasteiger charge is 2.15. The molecule has 0 saturated heterocycles. The normalized spacial score (nSPS) is 10.2. The van der Waals surface area contributed by atoms with Crippen molar-refractivity contribution < 1.29 is 19.1 Å². The molecule has 0 aliphatic heterocycles. The van der Waals surface area contributed by atoms with Crippen LogP contribution in [0.4, 0.5) is 5.69 Å². The van der Waals surface area contributed by atoms with Gasteiger partial charge < -0.3 is 14.8 Å². The molecule has 0 bridgehead atoms. The van der Waals surface area contributed by atoms with Crippen molar-refractivity contribution in [3.8, 4) is 5.75 Å². The van der Waals surface area contributed by atoms with Crippen molar-refractivity contribution in [2.45, 2.75) is 26.7 Å². The molecule has 6 nitrogen and oxygen atoms in total. The Morgan fingerprint density at radius 3 is 2.48 bits per heavy atom. The van der Waals surface area contributed by atoms with Gasteiger partial charge in [-0.3, -0.25) is 10.1 Å². The predicted molar refractivity (Wildman–Crippen MR) is 121 cm³/mol. The van der Waals surface area contributed by atoms with Crippen LogP contribution in [0.5, 0.6) is 5.75 Å². The summed E-state index contributed by atoms with van der Waals surface area (Å²) >= 11 is 8.61. The highest BCUT2D eigenvalue weighted by molar-refractivity contribution is 9.10. The number of unbranched alkanes of at least 4 members (excludes halogenated alkanes) is 1. The van der Waals surface area contributed by atoms with E-state index < -0.39 is 0 Å². The molecule has 0 aliphatic carbocycles. The maximum Gasteiger partial charge on any atom is 0.338 e. The van der Waals surface area contributed by atoms with Gasteiger partial charge in [-0.25, -0.2) is 4.79 Å². The Balaban J connectivity index is 2.01. The minimum absolute atomic E-state index is 0.137. The first-order chi connectivity index (χ1) is 13.9. The molecule has 0 aromatic heterocycles. The summed E-state index contributed by atoms with van der Waals surface area (Å²) in [7, 11) is 0. The minimum Gasteiger partial charge on any atom is -0.493 e. The number of esters is 1. The van der Waals surface area contributed by atoms with Gasteiger partial charge in [0, 0.05) is 10.2 Å². The second-order valence-electron chi connectivity index (χ2n) is 6.05. The number of hydrogen-bond acceptors (Lipinski definition) is 5. The molecule has 0 fully saturated rings. The molecule has 154 valence electrons. The quantitative estimate of drug-likeness (QED) is 0.318. The Labute approximate surface area is 184 Å². The summed E-state index contributed by atoms with van der Waals surface area (Å²) in [5.41, 5.74) is 1.46. The van der Waals surface area contributed by atoms with Crippen LogP contribution in [0.25, 0.3) is 0 Å². The first-order valence-corrected chi connectivity index (χ1v) is 10.5. The molecule has 29 heavy (non-hydrogen) atoms. The average molecular weight is 479 g/mol. The van der Waals surface area contributed by atoms with Crippen molar-refractivity contribution >= 4 is 50.8 Å². The van der Waals surface area contributed by atoms with Gasteiger partial charge in [0.25, 0.3) is 5.91 Å². The van der Waals surface area contributed by atoms with E-state index in [4.69, 9.17) is 21.7 Å². The Hall–Kier alpha value is -2.45. The third kappa shape index (κ3) is 7.14. The summed E-state index contributed by atoms with van der Waals surface area (Å²) < 4.78 is 11.4. The minimum atomic E-state index is -0.389. The van der Waals surface area contributed by atoms with E-state index in [1.165, 1.54) is 0 Å². The largest absolute Gasteiger partial charge is 0.493 e. The Bertz CT molecular complexity index is 871. The summed E-state index contributed by atoms with van der Waals surface area (Å²) in [6.07, 6.45) is 1.90. The number of carbonyl (C=O) groups excluding carboxylic acids is 2. The summed E-state index contributed by atoms with van der Waals surface area (Å²) in [5.74, 6) is -0.264. The molecule has 0 unspecified atom stereocenters. The van der Waals surface area contributed by atoms with Crippen molar-refractivity contribution in [2.24, 2.45) is 0 Å². The van der Waals surface area contributed by atoms with E-state index >= 15 is 0 Å². The molecule has 2 aromatic rings. The van der Waals surface area contributed by atoms with Crippen LogP contribution in [-0.2, 0) is 4.74 Å². The lowest BCUT2D eigenvalue weighted by Crippen LogP contribution is -2.34. The van der Waals surface area contributed by atoms with Gasteiger partial charge >= 0.3 is 5.97 Å². The standard InChI is InChI=1S/C21H23BrN2O4S/c1-3-5-12-28-18-11-8-15(22)13-17(18)19(25)24-21(29)23-16-9-6-14(7-10-16)20(26)27-4-2/h6-11,13H,3-5,12H2,1-2H3,(H2,23,24,25,29). The van der Waals surface area contributed by atoms with Gasteiger partial charge in [0.1, 0.15) is 5.75 Å². The molecule has 0 radical (unpaired) electrons. The fraction of sp³-hybridized carbons (Fsp3) is 0.286. The Morgan fingerprint density at radius 1 is 1.10 bits per heavy atom. The zero-order valence-electron chi connectivity index (χ0n) is 16.3. The smallest absolute Gasteiger partial charge is 0.338 e. The summed E-state index contributed by atoms with van der Waals surface area (Å²) in [5, 5.41) is 5.71. The third-order valence-corrected chi connectivity index (χ3v) is 4.52. The van der Waals surface area contributed by atoms with Crippen molar-refractivity contribution in [2.75, 3.05) is 18.5 Å². The average Bonchev–Trinajstić information content (AvgIpc) is 2.69. The molecule has 0 heterocycles. The lowest BCUT2D eigenvalue weighted by molar-refractivity contribution is 0.0526. The Kier molecular flexibility index (Phi) is 9.08. The van der Waals surface area contributed by atoms with Crippen LogP contribution >= 0.6 is 28.1 Å². The van der Waals surface area contributed by atoms with Gasteiger partial charge in [0.2, 0.25) is 0 Å². The number of anilines is 1. The number of nitrogens with one attached hydrogen (secondary N) is 2. The number of halogens is 1. The lowest BCUT2D eigenvalue weighted by atomic mass is 10.2. The van der Waals surface area contributed by atoms with Gasteiger partial charge in [-0.15, -0.1) is 0 Å². The summed E-state index contributed by atoms with van der Waals surface area (Å²) in [6, 6.07) is 11.9. The second-order valence-corrected chi connectivity index (χ2v) is 7.37. The molecule has 2 N–H and O–H groups in total. The molecule has 0 saturated carbocycles. The van der Waals surface area contributed by atoms with Gasteiger partial charge in [-0.05, 0) is 68.0 Å². The zero-order valence-corrected chi connectivity index (χ0v) is 18.7. The fourth-order valence-electron chi connectivity index (χ4n) is 2.37. The van der Waals surface area contributed by atoms with Gasteiger partial charge in [-0.2, -0.15) is 0 Å². The lowest BCUT2D eigenvalue weighted by Gasteiger charge is -2.13.